The van der Waals surface area contributed by atoms with Gasteiger partial charge in [0.15, 0.2) is 0 Å². The molecule has 1 aliphatic carbocycles. The van der Waals surface area contributed by atoms with Crippen molar-refractivity contribution in [3.05, 3.63) is 116 Å². The van der Waals surface area contributed by atoms with Crippen LogP contribution in [-0.4, -0.2) is 25.3 Å². The quantitative estimate of drug-likeness (QED) is 0.181. The summed E-state index contributed by atoms with van der Waals surface area (Å²) in [5, 5.41) is 14.1. The van der Waals surface area contributed by atoms with Gasteiger partial charge in [-0.25, -0.2) is 4.52 Å². The fourth-order valence-corrected chi connectivity index (χ4v) is 6.31. The highest BCUT2D eigenvalue weighted by molar-refractivity contribution is 9.10. The largest absolute Gasteiger partial charge is 0.490 e. The molecule has 8 heteroatoms. The van der Waals surface area contributed by atoms with Gasteiger partial charge in [0.25, 0.3) is 5.56 Å². The summed E-state index contributed by atoms with van der Waals surface area (Å²) in [7, 11) is 0. The van der Waals surface area contributed by atoms with Gasteiger partial charge < -0.3 is 4.74 Å². The Hall–Kier alpha value is -4.22. The van der Waals surface area contributed by atoms with Crippen molar-refractivity contribution in [2.75, 3.05) is 0 Å². The molecular formula is C34H32BrN5O2. The summed E-state index contributed by atoms with van der Waals surface area (Å²) in [5.41, 5.74) is 5.30. The maximum absolute atomic E-state index is 14.3. The van der Waals surface area contributed by atoms with Crippen molar-refractivity contribution >= 4 is 21.7 Å². The molecule has 3 aromatic carbocycles. The number of hydrogen-bond donors (Lipinski definition) is 0. The summed E-state index contributed by atoms with van der Waals surface area (Å²) in [6.07, 6.45) is 7.23. The average Bonchev–Trinajstić information content (AvgIpc) is 3.50. The molecule has 0 bridgehead atoms. The van der Waals surface area contributed by atoms with Crippen molar-refractivity contribution < 1.29 is 4.74 Å². The fourth-order valence-electron chi connectivity index (χ4n) is 6.04. The van der Waals surface area contributed by atoms with Gasteiger partial charge >= 0.3 is 0 Å². The standard InChI is InChI=1S/C34H32BrN5O2/c1-2-5-32-31(20-23-8-10-24(11-9-23)30-7-4-3-6-25(30)21-36)33(41)39(34-37-22-38-40(32)34)27-14-18-29(19-15-27)42-28-16-12-26(35)13-17-28/h3-4,6-13,16-17,22,27,29H,2,5,14-15,18-20H2,1H3. The molecule has 0 N–H and O–H groups in total. The van der Waals surface area contributed by atoms with E-state index in [0.29, 0.717) is 17.8 Å². The van der Waals surface area contributed by atoms with Gasteiger partial charge in [-0.2, -0.15) is 15.3 Å². The lowest BCUT2D eigenvalue weighted by Gasteiger charge is -2.31. The van der Waals surface area contributed by atoms with E-state index in [1.165, 1.54) is 0 Å². The number of halogens is 1. The molecule has 2 aromatic heterocycles. The zero-order valence-electron chi connectivity index (χ0n) is 23.5. The number of benzene rings is 3. The molecule has 1 saturated carbocycles. The Labute approximate surface area is 253 Å². The Morgan fingerprint density at radius 3 is 2.45 bits per heavy atom. The monoisotopic (exact) mass is 621 g/mol. The first kappa shape index (κ1) is 27.9. The van der Waals surface area contributed by atoms with E-state index in [1.54, 1.807) is 6.33 Å². The van der Waals surface area contributed by atoms with Crippen LogP contribution in [0.5, 0.6) is 5.75 Å². The van der Waals surface area contributed by atoms with E-state index < -0.39 is 0 Å². The maximum Gasteiger partial charge on any atom is 0.259 e. The molecule has 0 atom stereocenters. The summed E-state index contributed by atoms with van der Waals surface area (Å²) >= 11 is 3.48. The molecule has 0 aliphatic heterocycles. The molecular weight excluding hydrogens is 590 g/mol. The lowest BCUT2D eigenvalue weighted by molar-refractivity contribution is 0.132. The number of ether oxygens (including phenoxy) is 1. The van der Waals surface area contributed by atoms with Crippen LogP contribution in [0.1, 0.15) is 67.5 Å². The molecule has 7 nitrogen and oxygen atoms in total. The van der Waals surface area contributed by atoms with Crippen molar-refractivity contribution in [2.24, 2.45) is 0 Å². The smallest absolute Gasteiger partial charge is 0.259 e. The molecule has 0 amide bonds. The third kappa shape index (κ3) is 5.62. The molecule has 6 rings (SSSR count). The van der Waals surface area contributed by atoms with Gasteiger partial charge in [-0.3, -0.25) is 9.36 Å². The van der Waals surface area contributed by atoms with E-state index in [0.717, 1.165) is 76.7 Å². The Bertz CT molecular complexity index is 1790. The number of rotatable bonds is 8. The molecule has 1 aliphatic rings. The zero-order valence-corrected chi connectivity index (χ0v) is 25.1. The Morgan fingerprint density at radius 1 is 1.00 bits per heavy atom. The Kier molecular flexibility index (Phi) is 8.20. The average molecular weight is 623 g/mol. The zero-order chi connectivity index (χ0) is 29.1. The summed E-state index contributed by atoms with van der Waals surface area (Å²) in [6, 6.07) is 26.0. The van der Waals surface area contributed by atoms with E-state index in [2.05, 4.69) is 51.1 Å². The minimum Gasteiger partial charge on any atom is -0.490 e. The molecule has 2 heterocycles. The molecule has 0 unspecified atom stereocenters. The second-order valence-electron chi connectivity index (χ2n) is 10.9. The first-order valence-electron chi connectivity index (χ1n) is 14.5. The highest BCUT2D eigenvalue weighted by Gasteiger charge is 2.28. The van der Waals surface area contributed by atoms with Crippen LogP contribution >= 0.6 is 15.9 Å². The van der Waals surface area contributed by atoms with Crippen LogP contribution in [0.15, 0.2) is 88.4 Å². The molecule has 5 aromatic rings. The predicted octanol–water partition coefficient (Wildman–Crippen LogP) is 7.30. The van der Waals surface area contributed by atoms with Gasteiger partial charge in [0, 0.05) is 22.5 Å². The number of fused-ring (bicyclic) bond motifs is 1. The molecule has 212 valence electrons. The van der Waals surface area contributed by atoms with Crippen LogP contribution in [0.2, 0.25) is 0 Å². The van der Waals surface area contributed by atoms with Crippen molar-refractivity contribution in [3.8, 4) is 22.9 Å². The van der Waals surface area contributed by atoms with Crippen LogP contribution in [0.25, 0.3) is 16.9 Å². The van der Waals surface area contributed by atoms with E-state index >= 15 is 0 Å². The summed E-state index contributed by atoms with van der Waals surface area (Å²) in [6.45, 7) is 2.12. The van der Waals surface area contributed by atoms with Gasteiger partial charge in [0.05, 0.1) is 23.4 Å². The highest BCUT2D eigenvalue weighted by atomic mass is 79.9. The predicted molar refractivity (Wildman–Crippen MR) is 167 cm³/mol. The van der Waals surface area contributed by atoms with Crippen molar-refractivity contribution in [2.45, 2.75) is 64.0 Å². The highest BCUT2D eigenvalue weighted by Crippen LogP contribution is 2.32. The minimum atomic E-state index is 0.0233. The van der Waals surface area contributed by atoms with Gasteiger partial charge in [-0.15, -0.1) is 0 Å². The Morgan fingerprint density at radius 2 is 1.74 bits per heavy atom. The van der Waals surface area contributed by atoms with Gasteiger partial charge in [0.1, 0.15) is 12.1 Å². The molecule has 0 radical (unpaired) electrons. The maximum atomic E-state index is 14.3. The van der Waals surface area contributed by atoms with Crippen LogP contribution in [-0.2, 0) is 12.8 Å². The van der Waals surface area contributed by atoms with Gasteiger partial charge in [-0.05, 0) is 79.1 Å². The minimum absolute atomic E-state index is 0.0233. The third-order valence-electron chi connectivity index (χ3n) is 8.13. The summed E-state index contributed by atoms with van der Waals surface area (Å²) in [5.74, 6) is 1.49. The van der Waals surface area contributed by atoms with Crippen LogP contribution < -0.4 is 10.3 Å². The fraction of sp³-hybridized carbons (Fsp3) is 0.294. The number of hydrogen-bond acceptors (Lipinski definition) is 5. The summed E-state index contributed by atoms with van der Waals surface area (Å²) < 4.78 is 11.0. The van der Waals surface area contributed by atoms with Gasteiger partial charge in [0.2, 0.25) is 5.78 Å². The topological polar surface area (TPSA) is 85.2 Å². The van der Waals surface area contributed by atoms with Gasteiger partial charge in [-0.1, -0.05) is 71.7 Å². The molecule has 42 heavy (non-hydrogen) atoms. The van der Waals surface area contributed by atoms with E-state index in [1.807, 2.05) is 69.7 Å². The van der Waals surface area contributed by atoms with E-state index in [9.17, 15) is 10.1 Å². The number of nitriles is 1. The van der Waals surface area contributed by atoms with E-state index in [4.69, 9.17) is 4.74 Å². The molecule has 0 saturated heterocycles. The van der Waals surface area contributed by atoms with E-state index in [-0.39, 0.29) is 17.7 Å². The number of aryl methyl sites for hydroxylation is 1. The number of aromatic nitrogens is 4. The molecule has 0 spiro atoms. The SMILES string of the molecule is CCCc1c(Cc2ccc(-c3ccccc3C#N)cc2)c(=O)n(C2CCC(Oc3ccc(Br)cc3)CC2)c2ncnn12. The molecule has 1 fully saturated rings. The van der Waals surface area contributed by atoms with Crippen molar-refractivity contribution in [1.29, 1.82) is 5.26 Å². The second kappa shape index (κ2) is 12.3. The van der Waals surface area contributed by atoms with Crippen LogP contribution in [0, 0.1) is 11.3 Å². The first-order valence-corrected chi connectivity index (χ1v) is 15.3. The third-order valence-corrected chi connectivity index (χ3v) is 8.66. The van der Waals surface area contributed by atoms with Crippen molar-refractivity contribution in [3.63, 3.8) is 0 Å². The van der Waals surface area contributed by atoms with Crippen LogP contribution in [0.3, 0.4) is 0 Å². The summed E-state index contributed by atoms with van der Waals surface area (Å²) in [4.78, 5) is 18.8. The lowest BCUT2D eigenvalue weighted by Crippen LogP contribution is -2.35. The second-order valence-corrected chi connectivity index (χ2v) is 11.8. The normalized spacial score (nSPS) is 16.8. The first-order chi connectivity index (χ1) is 20.6. The Balaban J connectivity index is 1.29. The lowest BCUT2D eigenvalue weighted by atomic mass is 9.92. The van der Waals surface area contributed by atoms with Crippen molar-refractivity contribution in [1.82, 2.24) is 19.2 Å². The van der Waals surface area contributed by atoms with Crippen LogP contribution in [0.4, 0.5) is 0 Å². The number of nitrogens with zero attached hydrogens (tertiary/aromatic N) is 5.